The van der Waals surface area contributed by atoms with E-state index in [0.29, 0.717) is 6.54 Å². The van der Waals surface area contributed by atoms with E-state index in [0.717, 1.165) is 50.8 Å². The number of likely N-dealkylation sites (tertiary alicyclic amines) is 1. The van der Waals surface area contributed by atoms with Crippen molar-refractivity contribution in [1.82, 2.24) is 10.2 Å². The summed E-state index contributed by atoms with van der Waals surface area (Å²) in [6.45, 7) is 7.89. The van der Waals surface area contributed by atoms with Gasteiger partial charge in [0.1, 0.15) is 5.82 Å². The maximum Gasteiger partial charge on any atom is 0.223 e. The van der Waals surface area contributed by atoms with Gasteiger partial charge in [0, 0.05) is 24.1 Å². The van der Waals surface area contributed by atoms with Crippen molar-refractivity contribution >= 4 is 5.91 Å². The highest BCUT2D eigenvalue weighted by Gasteiger charge is 2.26. The van der Waals surface area contributed by atoms with Crippen LogP contribution in [-0.2, 0) is 11.3 Å². The predicted octanol–water partition coefficient (Wildman–Crippen LogP) is 3.48. The average Bonchev–Trinajstić information content (AvgIpc) is 2.56. The van der Waals surface area contributed by atoms with Crippen molar-refractivity contribution in [3.05, 3.63) is 35.6 Å². The zero-order chi connectivity index (χ0) is 19.2. The summed E-state index contributed by atoms with van der Waals surface area (Å²) < 4.78 is 13.8. The fourth-order valence-corrected chi connectivity index (χ4v) is 3.49. The molecule has 1 amide bonds. The number of rotatable bonds is 8. The molecular formula is C21H33FN2O2. The molecule has 1 aliphatic rings. The molecule has 1 unspecified atom stereocenters. The third kappa shape index (κ3) is 7.04. The molecule has 0 aliphatic carbocycles. The largest absolute Gasteiger partial charge is 0.390 e. The molecule has 0 saturated carbocycles. The summed E-state index contributed by atoms with van der Waals surface area (Å²) in [5, 5.41) is 12.9. The van der Waals surface area contributed by atoms with Crippen molar-refractivity contribution in [3.8, 4) is 0 Å². The van der Waals surface area contributed by atoms with E-state index in [-0.39, 0.29) is 23.7 Å². The van der Waals surface area contributed by atoms with E-state index in [1.807, 2.05) is 32.9 Å². The van der Waals surface area contributed by atoms with Crippen LogP contribution in [0.15, 0.2) is 24.3 Å². The zero-order valence-electron chi connectivity index (χ0n) is 16.3. The number of carbonyl (C=O) groups excluding carboxylic acids is 1. The van der Waals surface area contributed by atoms with Crippen LogP contribution >= 0.6 is 0 Å². The first-order chi connectivity index (χ1) is 12.2. The number of benzene rings is 1. The van der Waals surface area contributed by atoms with Crippen molar-refractivity contribution in [2.45, 2.75) is 71.1 Å². The summed E-state index contributed by atoms with van der Waals surface area (Å²) in [4.78, 5) is 14.7. The highest BCUT2D eigenvalue weighted by atomic mass is 19.1. The first-order valence-corrected chi connectivity index (χ1v) is 9.73. The molecular weight excluding hydrogens is 331 g/mol. The van der Waals surface area contributed by atoms with E-state index in [1.54, 1.807) is 6.07 Å². The van der Waals surface area contributed by atoms with E-state index < -0.39 is 5.60 Å². The van der Waals surface area contributed by atoms with Crippen LogP contribution in [0.5, 0.6) is 0 Å². The molecule has 1 aromatic rings. The summed E-state index contributed by atoms with van der Waals surface area (Å²) in [7, 11) is 0. The maximum absolute atomic E-state index is 13.8. The minimum absolute atomic E-state index is 0.0450. The highest BCUT2D eigenvalue weighted by Crippen LogP contribution is 2.21. The van der Waals surface area contributed by atoms with Crippen LogP contribution in [0.3, 0.4) is 0 Å². The smallest absolute Gasteiger partial charge is 0.223 e. The summed E-state index contributed by atoms with van der Waals surface area (Å²) in [6, 6.07) is 7.01. The topological polar surface area (TPSA) is 52.6 Å². The van der Waals surface area contributed by atoms with Crippen LogP contribution in [-0.4, -0.2) is 40.6 Å². The number of nitrogens with one attached hydrogen (secondary N) is 1. The van der Waals surface area contributed by atoms with Crippen LogP contribution in [0.25, 0.3) is 0 Å². The Bertz CT molecular complexity index is 578. The van der Waals surface area contributed by atoms with Crippen molar-refractivity contribution in [1.29, 1.82) is 0 Å². The van der Waals surface area contributed by atoms with E-state index in [1.165, 1.54) is 6.07 Å². The molecule has 0 radical (unpaired) electrons. The number of carbonyl (C=O) groups is 1. The van der Waals surface area contributed by atoms with Gasteiger partial charge >= 0.3 is 0 Å². The van der Waals surface area contributed by atoms with Crippen molar-refractivity contribution in [3.63, 3.8) is 0 Å². The van der Waals surface area contributed by atoms with Gasteiger partial charge in [-0.2, -0.15) is 0 Å². The SMILES string of the molecule is CC(CCCC(C)(C)O)NC(=O)C1CCN(Cc2ccccc2F)CC1. The second-order valence-electron chi connectivity index (χ2n) is 8.26. The Morgan fingerprint density at radius 2 is 2.00 bits per heavy atom. The number of halogens is 1. The third-order valence-electron chi connectivity index (χ3n) is 5.12. The number of nitrogens with zero attached hydrogens (tertiary/aromatic N) is 1. The molecule has 1 heterocycles. The van der Waals surface area contributed by atoms with E-state index in [9.17, 15) is 14.3 Å². The Kier molecular flexibility index (Phi) is 7.59. The highest BCUT2D eigenvalue weighted by molar-refractivity contribution is 5.79. The third-order valence-corrected chi connectivity index (χ3v) is 5.12. The van der Waals surface area contributed by atoms with Gasteiger partial charge in [0.05, 0.1) is 5.60 Å². The van der Waals surface area contributed by atoms with E-state index >= 15 is 0 Å². The summed E-state index contributed by atoms with van der Waals surface area (Å²) >= 11 is 0. The van der Waals surface area contributed by atoms with Gasteiger partial charge < -0.3 is 10.4 Å². The second kappa shape index (κ2) is 9.47. The molecule has 1 aromatic carbocycles. The lowest BCUT2D eigenvalue weighted by Crippen LogP contribution is -2.43. The van der Waals surface area contributed by atoms with Gasteiger partial charge in [-0.05, 0) is 72.0 Å². The molecule has 1 fully saturated rings. The molecule has 4 nitrogen and oxygen atoms in total. The molecule has 1 aliphatic heterocycles. The Balaban J connectivity index is 1.70. The minimum atomic E-state index is -0.644. The number of hydrogen-bond donors (Lipinski definition) is 2. The lowest BCUT2D eigenvalue weighted by Gasteiger charge is -2.32. The van der Waals surface area contributed by atoms with Crippen LogP contribution in [0.2, 0.25) is 0 Å². The molecule has 5 heteroatoms. The zero-order valence-corrected chi connectivity index (χ0v) is 16.3. The quantitative estimate of drug-likeness (QED) is 0.742. The molecule has 0 spiro atoms. The van der Waals surface area contributed by atoms with Crippen LogP contribution in [0, 0.1) is 11.7 Å². The van der Waals surface area contributed by atoms with Crippen LogP contribution < -0.4 is 5.32 Å². The number of amides is 1. The molecule has 26 heavy (non-hydrogen) atoms. The van der Waals surface area contributed by atoms with Crippen molar-refractivity contribution in [2.75, 3.05) is 13.1 Å². The van der Waals surface area contributed by atoms with E-state index in [2.05, 4.69) is 10.2 Å². The lowest BCUT2D eigenvalue weighted by molar-refractivity contribution is -0.127. The number of aliphatic hydroxyl groups is 1. The molecule has 0 aromatic heterocycles. The molecule has 2 N–H and O–H groups in total. The normalized spacial score (nSPS) is 17.9. The fraction of sp³-hybridized carbons (Fsp3) is 0.667. The van der Waals surface area contributed by atoms with Gasteiger partial charge in [-0.1, -0.05) is 18.2 Å². The van der Waals surface area contributed by atoms with Gasteiger partial charge in [0.15, 0.2) is 0 Å². The van der Waals surface area contributed by atoms with Gasteiger partial charge in [0.2, 0.25) is 5.91 Å². The maximum atomic E-state index is 13.8. The first kappa shape index (κ1) is 20.8. The van der Waals surface area contributed by atoms with Gasteiger partial charge in [-0.3, -0.25) is 9.69 Å². The Hall–Kier alpha value is -1.46. The Morgan fingerprint density at radius 3 is 2.62 bits per heavy atom. The van der Waals surface area contributed by atoms with Gasteiger partial charge in [-0.15, -0.1) is 0 Å². The standard InChI is InChI=1S/C21H33FN2O2/c1-16(7-6-12-21(2,3)26)23-20(25)17-10-13-24(14-11-17)15-18-8-4-5-9-19(18)22/h4-5,8-9,16-17,26H,6-7,10-15H2,1-3H3,(H,23,25). The number of piperidine rings is 1. The second-order valence-corrected chi connectivity index (χ2v) is 8.26. The molecule has 146 valence electrons. The average molecular weight is 365 g/mol. The lowest BCUT2D eigenvalue weighted by atomic mass is 9.94. The number of hydrogen-bond acceptors (Lipinski definition) is 3. The minimum Gasteiger partial charge on any atom is -0.390 e. The summed E-state index contributed by atoms with van der Waals surface area (Å²) in [6.07, 6.45) is 4.14. The van der Waals surface area contributed by atoms with Gasteiger partial charge in [0.25, 0.3) is 0 Å². The molecule has 1 saturated heterocycles. The predicted molar refractivity (Wildman–Crippen MR) is 102 cm³/mol. The van der Waals surface area contributed by atoms with Gasteiger partial charge in [-0.25, -0.2) is 4.39 Å². The van der Waals surface area contributed by atoms with E-state index in [4.69, 9.17) is 0 Å². The molecule has 1 atom stereocenters. The Labute approximate surface area is 156 Å². The Morgan fingerprint density at radius 1 is 1.35 bits per heavy atom. The molecule has 2 rings (SSSR count). The molecule has 0 bridgehead atoms. The fourth-order valence-electron chi connectivity index (χ4n) is 3.49. The summed E-state index contributed by atoms with van der Waals surface area (Å²) in [5.74, 6) is 0.0159. The summed E-state index contributed by atoms with van der Waals surface area (Å²) in [5.41, 5.74) is 0.0743. The van der Waals surface area contributed by atoms with Crippen molar-refractivity contribution < 1.29 is 14.3 Å². The monoisotopic (exact) mass is 364 g/mol. The first-order valence-electron chi connectivity index (χ1n) is 9.73. The van der Waals surface area contributed by atoms with Crippen LogP contribution in [0.4, 0.5) is 4.39 Å². The van der Waals surface area contributed by atoms with Crippen LogP contribution in [0.1, 0.15) is 58.4 Å². The van der Waals surface area contributed by atoms with Crippen molar-refractivity contribution in [2.24, 2.45) is 5.92 Å².